The largest absolute Gasteiger partial charge is 0.354 e. The number of nitrogens with one attached hydrogen (secondary N) is 1. The van der Waals surface area contributed by atoms with Crippen molar-refractivity contribution >= 4 is 28.6 Å². The number of rotatable bonds is 3. The second-order valence-corrected chi connectivity index (χ2v) is 4.95. The van der Waals surface area contributed by atoms with E-state index in [1.807, 2.05) is 42.5 Å². The van der Waals surface area contributed by atoms with Crippen LogP contribution in [0, 0.1) is 10.1 Å². The molecule has 0 spiro atoms. The van der Waals surface area contributed by atoms with Crippen molar-refractivity contribution in [2.45, 2.75) is 0 Å². The predicted octanol–water partition coefficient (Wildman–Crippen LogP) is 4.74. The van der Waals surface area contributed by atoms with E-state index in [0.717, 1.165) is 33.9 Å². The van der Waals surface area contributed by atoms with Gasteiger partial charge in [0, 0.05) is 33.1 Å². The zero-order chi connectivity index (χ0) is 14.8. The number of benzene rings is 2. The Balaban J connectivity index is 2.29. The lowest BCUT2D eigenvalue weighted by molar-refractivity contribution is -0.400. The Hall–Kier alpha value is -2.59. The highest BCUT2D eigenvalue weighted by atomic mass is 35.5. The number of para-hydroxylation sites is 1. The third-order valence-corrected chi connectivity index (χ3v) is 3.58. The highest BCUT2D eigenvalue weighted by Gasteiger charge is 2.13. The molecule has 0 atom stereocenters. The molecule has 0 aliphatic carbocycles. The minimum absolute atomic E-state index is 0.474. The van der Waals surface area contributed by atoms with Crippen molar-refractivity contribution in [2.75, 3.05) is 0 Å². The molecule has 0 aliphatic heterocycles. The lowest BCUT2D eigenvalue weighted by atomic mass is 10.1. The van der Waals surface area contributed by atoms with Gasteiger partial charge in [0.05, 0.1) is 10.6 Å². The Bertz CT molecular complexity index is 852. The van der Waals surface area contributed by atoms with Gasteiger partial charge in [0.2, 0.25) is 6.20 Å². The van der Waals surface area contributed by atoms with Crippen LogP contribution in [0.25, 0.3) is 28.2 Å². The van der Waals surface area contributed by atoms with Gasteiger partial charge in [-0.3, -0.25) is 10.1 Å². The number of nitrogens with zero attached hydrogens (tertiary/aromatic N) is 1. The van der Waals surface area contributed by atoms with Gasteiger partial charge in [0.1, 0.15) is 0 Å². The normalized spacial score (nSPS) is 11.3. The lowest BCUT2D eigenvalue weighted by Crippen LogP contribution is -1.85. The SMILES string of the molecule is O=[N+]([O-])/C=C/c1c(-c2ccccc2Cl)[nH]c2ccccc12. The number of hydrogen-bond donors (Lipinski definition) is 1. The molecule has 21 heavy (non-hydrogen) atoms. The maximum Gasteiger partial charge on any atom is 0.235 e. The summed E-state index contributed by atoms with van der Waals surface area (Å²) in [5.41, 5.74) is 3.27. The fraction of sp³-hybridized carbons (Fsp3) is 0. The smallest absolute Gasteiger partial charge is 0.235 e. The van der Waals surface area contributed by atoms with Gasteiger partial charge < -0.3 is 4.98 Å². The van der Waals surface area contributed by atoms with Gasteiger partial charge in [0.15, 0.2) is 0 Å². The summed E-state index contributed by atoms with van der Waals surface area (Å²) in [6.07, 6.45) is 2.44. The van der Waals surface area contributed by atoms with Gasteiger partial charge in [-0.15, -0.1) is 0 Å². The second-order valence-electron chi connectivity index (χ2n) is 4.54. The molecule has 1 N–H and O–H groups in total. The van der Waals surface area contributed by atoms with Crippen molar-refractivity contribution in [1.82, 2.24) is 4.98 Å². The number of nitro groups is 1. The summed E-state index contributed by atoms with van der Waals surface area (Å²) >= 11 is 6.24. The minimum atomic E-state index is -0.474. The summed E-state index contributed by atoms with van der Waals surface area (Å²) in [7, 11) is 0. The molecule has 2 aromatic carbocycles. The molecule has 104 valence electrons. The van der Waals surface area contributed by atoms with Gasteiger partial charge in [-0.25, -0.2) is 0 Å². The first-order valence-electron chi connectivity index (χ1n) is 6.34. The van der Waals surface area contributed by atoms with Crippen LogP contribution >= 0.6 is 11.6 Å². The summed E-state index contributed by atoms with van der Waals surface area (Å²) < 4.78 is 0. The van der Waals surface area contributed by atoms with Crippen molar-refractivity contribution in [1.29, 1.82) is 0 Å². The average Bonchev–Trinajstić information content (AvgIpc) is 2.84. The molecule has 1 heterocycles. The summed E-state index contributed by atoms with van der Waals surface area (Å²) in [5.74, 6) is 0. The molecule has 3 aromatic rings. The Morgan fingerprint density at radius 3 is 2.57 bits per heavy atom. The van der Waals surface area contributed by atoms with Crippen LogP contribution in [0.2, 0.25) is 5.02 Å². The lowest BCUT2D eigenvalue weighted by Gasteiger charge is -2.03. The fourth-order valence-electron chi connectivity index (χ4n) is 2.35. The van der Waals surface area contributed by atoms with E-state index in [2.05, 4.69) is 4.98 Å². The fourth-order valence-corrected chi connectivity index (χ4v) is 2.58. The molecule has 3 rings (SSSR count). The first-order valence-corrected chi connectivity index (χ1v) is 6.72. The van der Waals surface area contributed by atoms with Gasteiger partial charge >= 0.3 is 0 Å². The van der Waals surface area contributed by atoms with Crippen LogP contribution in [0.5, 0.6) is 0 Å². The van der Waals surface area contributed by atoms with Gasteiger partial charge in [0.25, 0.3) is 0 Å². The second kappa shape index (κ2) is 5.42. The topological polar surface area (TPSA) is 58.9 Å². The van der Waals surface area contributed by atoms with Gasteiger partial charge in [-0.2, -0.15) is 0 Å². The van der Waals surface area contributed by atoms with Crippen LogP contribution in [0.1, 0.15) is 5.56 Å². The number of fused-ring (bicyclic) bond motifs is 1. The highest BCUT2D eigenvalue weighted by molar-refractivity contribution is 6.33. The molecule has 0 fully saturated rings. The van der Waals surface area contributed by atoms with E-state index in [1.54, 1.807) is 6.07 Å². The number of halogens is 1. The first-order chi connectivity index (χ1) is 10.2. The zero-order valence-corrected chi connectivity index (χ0v) is 11.7. The first kappa shape index (κ1) is 13.4. The van der Waals surface area contributed by atoms with Crippen LogP contribution < -0.4 is 0 Å². The molecule has 5 heteroatoms. The Kier molecular flexibility index (Phi) is 3.46. The number of aromatic amines is 1. The summed E-state index contributed by atoms with van der Waals surface area (Å²) in [5, 5.41) is 12.1. The van der Waals surface area contributed by atoms with Gasteiger partial charge in [-0.05, 0) is 12.1 Å². The van der Waals surface area contributed by atoms with Crippen LogP contribution in [0.3, 0.4) is 0 Å². The van der Waals surface area contributed by atoms with Crippen molar-refractivity contribution in [3.05, 3.63) is 75.4 Å². The summed E-state index contributed by atoms with van der Waals surface area (Å²) in [6.45, 7) is 0. The van der Waals surface area contributed by atoms with Crippen molar-refractivity contribution in [3.63, 3.8) is 0 Å². The van der Waals surface area contributed by atoms with E-state index in [0.29, 0.717) is 5.02 Å². The third-order valence-electron chi connectivity index (χ3n) is 3.25. The molecule has 4 nitrogen and oxygen atoms in total. The van der Waals surface area contributed by atoms with E-state index in [-0.39, 0.29) is 0 Å². The third kappa shape index (κ3) is 2.53. The Labute approximate surface area is 125 Å². The molecule has 1 aromatic heterocycles. The molecule has 0 aliphatic rings. The maximum atomic E-state index is 10.6. The van der Waals surface area contributed by atoms with E-state index in [1.165, 1.54) is 6.08 Å². The predicted molar refractivity (Wildman–Crippen MR) is 84.8 cm³/mol. The van der Waals surface area contributed by atoms with Crippen molar-refractivity contribution in [2.24, 2.45) is 0 Å². The molecule has 0 saturated heterocycles. The van der Waals surface area contributed by atoms with Crippen molar-refractivity contribution in [3.8, 4) is 11.3 Å². The molecule has 0 bridgehead atoms. The zero-order valence-electron chi connectivity index (χ0n) is 10.9. The maximum absolute atomic E-state index is 10.6. The van der Waals surface area contributed by atoms with E-state index < -0.39 is 4.92 Å². The minimum Gasteiger partial charge on any atom is -0.354 e. The van der Waals surface area contributed by atoms with Crippen LogP contribution in [0.15, 0.2) is 54.7 Å². The van der Waals surface area contributed by atoms with Gasteiger partial charge in [-0.1, -0.05) is 48.0 Å². The molecular formula is C16H11ClN2O2. The number of hydrogen-bond acceptors (Lipinski definition) is 2. The quantitative estimate of drug-likeness (QED) is 0.561. The molecule has 0 radical (unpaired) electrons. The summed E-state index contributed by atoms with van der Waals surface area (Å²) in [6, 6.07) is 15.1. The van der Waals surface area contributed by atoms with E-state index >= 15 is 0 Å². The van der Waals surface area contributed by atoms with Crippen LogP contribution in [-0.2, 0) is 0 Å². The molecular weight excluding hydrogens is 288 g/mol. The number of H-pyrrole nitrogens is 1. The molecule has 0 amide bonds. The molecule has 0 saturated carbocycles. The Morgan fingerprint density at radius 2 is 1.81 bits per heavy atom. The average molecular weight is 299 g/mol. The van der Waals surface area contributed by atoms with E-state index in [9.17, 15) is 10.1 Å². The van der Waals surface area contributed by atoms with Crippen LogP contribution in [-0.4, -0.2) is 9.91 Å². The monoisotopic (exact) mass is 298 g/mol. The van der Waals surface area contributed by atoms with Crippen LogP contribution in [0.4, 0.5) is 0 Å². The summed E-state index contributed by atoms with van der Waals surface area (Å²) in [4.78, 5) is 13.4. The van der Waals surface area contributed by atoms with E-state index in [4.69, 9.17) is 11.6 Å². The standard InChI is InChI=1S/C16H11ClN2O2/c17-14-7-3-1-6-13(14)16-12(9-10-19(20)21)11-5-2-4-8-15(11)18-16/h1-10,18H/b10-9+. The Morgan fingerprint density at radius 1 is 1.10 bits per heavy atom. The van der Waals surface area contributed by atoms with Crippen molar-refractivity contribution < 1.29 is 4.92 Å². The highest BCUT2D eigenvalue weighted by Crippen LogP contribution is 2.34. The number of aromatic nitrogens is 1. The molecule has 0 unspecified atom stereocenters.